The zero-order valence-corrected chi connectivity index (χ0v) is 7.83. The number of thioether (sulfide) groups is 1. The molecule has 10 heavy (non-hydrogen) atoms. The van der Waals surface area contributed by atoms with Crippen LogP contribution in [0.25, 0.3) is 0 Å². The normalized spacial score (nSPS) is 12.0. The van der Waals surface area contributed by atoms with E-state index in [2.05, 4.69) is 25.6 Å². The fraction of sp³-hybridized carbons (Fsp3) is 1.00. The van der Waals surface area contributed by atoms with Gasteiger partial charge in [0.05, 0.1) is 6.61 Å². The minimum absolute atomic E-state index is 0.218. The van der Waals surface area contributed by atoms with Crippen LogP contribution in [0.3, 0.4) is 0 Å². The molecule has 0 aliphatic heterocycles. The van der Waals surface area contributed by atoms with Crippen molar-refractivity contribution in [3.05, 3.63) is 0 Å². The van der Waals surface area contributed by atoms with E-state index in [9.17, 15) is 0 Å². The first-order chi connectivity index (χ1) is 4.62. The lowest BCUT2D eigenvalue weighted by atomic mass is 9.98. The maximum atomic E-state index is 4.98. The molecule has 0 spiro atoms. The maximum Gasteiger partial charge on any atom is 0.0738 e. The number of hydrogen-bond donors (Lipinski definition) is 1. The van der Waals surface area contributed by atoms with Gasteiger partial charge in [-0.05, 0) is 11.2 Å². The molecule has 3 heteroatoms. The van der Waals surface area contributed by atoms with Gasteiger partial charge in [0, 0.05) is 5.75 Å². The van der Waals surface area contributed by atoms with Crippen LogP contribution < -0.4 is 5.90 Å². The molecule has 0 unspecified atom stereocenters. The summed E-state index contributed by atoms with van der Waals surface area (Å²) in [6, 6.07) is 0. The Morgan fingerprint density at radius 3 is 2.50 bits per heavy atom. The largest absolute Gasteiger partial charge is 0.304 e. The Hall–Kier alpha value is 0.270. The lowest BCUT2D eigenvalue weighted by Gasteiger charge is -2.21. The molecule has 0 heterocycles. The smallest absolute Gasteiger partial charge is 0.0738 e. The molecule has 62 valence electrons. The second kappa shape index (κ2) is 4.99. The molecule has 0 bridgehead atoms. The van der Waals surface area contributed by atoms with Crippen molar-refractivity contribution >= 4 is 11.8 Å². The monoisotopic (exact) mass is 163 g/mol. The lowest BCUT2D eigenvalue weighted by molar-refractivity contribution is 0.0743. The van der Waals surface area contributed by atoms with E-state index >= 15 is 0 Å². The third kappa shape index (κ3) is 5.09. The third-order valence-corrected chi connectivity index (χ3v) is 2.56. The van der Waals surface area contributed by atoms with E-state index in [1.54, 1.807) is 0 Å². The summed E-state index contributed by atoms with van der Waals surface area (Å²) in [6.45, 7) is 7.11. The second-order valence-corrected chi connectivity index (χ2v) is 4.39. The lowest BCUT2D eigenvalue weighted by Crippen LogP contribution is -2.24. The van der Waals surface area contributed by atoms with Crippen LogP contribution >= 0.6 is 11.8 Å². The molecule has 0 aliphatic carbocycles. The molecule has 0 aromatic rings. The Labute approximate surface area is 67.5 Å². The van der Waals surface area contributed by atoms with E-state index in [0.717, 1.165) is 11.5 Å². The summed E-state index contributed by atoms with van der Waals surface area (Å²) in [5, 5.41) is 0. The predicted molar refractivity (Wildman–Crippen MR) is 46.9 cm³/mol. The summed E-state index contributed by atoms with van der Waals surface area (Å²) < 4.78 is 0. The topological polar surface area (TPSA) is 35.2 Å². The molecule has 0 aromatic heterocycles. The number of nitrogens with two attached hydrogens (primary N) is 1. The molecular formula is C7H17NOS. The predicted octanol–water partition coefficient (Wildman–Crippen LogP) is 1.66. The van der Waals surface area contributed by atoms with Gasteiger partial charge in [-0.25, -0.2) is 5.90 Å². The first-order valence-electron chi connectivity index (χ1n) is 3.52. The van der Waals surface area contributed by atoms with Crippen LogP contribution in [0.1, 0.15) is 20.8 Å². The molecule has 0 saturated carbocycles. The Morgan fingerprint density at radius 1 is 1.50 bits per heavy atom. The molecule has 0 atom stereocenters. The van der Waals surface area contributed by atoms with Crippen LogP contribution in [0.5, 0.6) is 0 Å². The molecule has 2 nitrogen and oxygen atoms in total. The fourth-order valence-electron chi connectivity index (χ4n) is 0.646. The minimum Gasteiger partial charge on any atom is -0.304 e. The SMILES string of the molecule is CCSCC(C)(C)CON. The molecule has 2 N–H and O–H groups in total. The summed E-state index contributed by atoms with van der Waals surface area (Å²) in [6.07, 6.45) is 0. The molecule has 0 rings (SSSR count). The average molecular weight is 163 g/mol. The maximum absolute atomic E-state index is 4.98. The fourth-order valence-corrected chi connectivity index (χ4v) is 1.49. The van der Waals surface area contributed by atoms with Crippen LogP contribution in [0, 0.1) is 5.41 Å². The average Bonchev–Trinajstić information content (AvgIpc) is 1.84. The van der Waals surface area contributed by atoms with Crippen molar-refractivity contribution < 1.29 is 4.84 Å². The first kappa shape index (κ1) is 10.3. The van der Waals surface area contributed by atoms with Gasteiger partial charge >= 0.3 is 0 Å². The standard InChI is InChI=1S/C7H17NOS/c1-4-10-6-7(2,3)5-9-8/h4-6,8H2,1-3H3. The molecule has 0 saturated heterocycles. The number of rotatable bonds is 5. The van der Waals surface area contributed by atoms with Gasteiger partial charge in [0.15, 0.2) is 0 Å². The molecule has 0 amide bonds. The Morgan fingerprint density at radius 2 is 2.10 bits per heavy atom. The quantitative estimate of drug-likeness (QED) is 0.626. The van der Waals surface area contributed by atoms with Gasteiger partial charge in [-0.15, -0.1) is 0 Å². The van der Waals surface area contributed by atoms with E-state index in [4.69, 9.17) is 5.90 Å². The van der Waals surface area contributed by atoms with Crippen molar-refractivity contribution in [2.45, 2.75) is 20.8 Å². The second-order valence-electron chi connectivity index (χ2n) is 3.11. The molecule has 0 radical (unpaired) electrons. The first-order valence-corrected chi connectivity index (χ1v) is 4.67. The van der Waals surface area contributed by atoms with Crippen molar-refractivity contribution in [3.63, 3.8) is 0 Å². The summed E-state index contributed by atoms with van der Waals surface area (Å²) in [5.41, 5.74) is 0.218. The van der Waals surface area contributed by atoms with Gasteiger partial charge in [-0.1, -0.05) is 20.8 Å². The highest BCUT2D eigenvalue weighted by Crippen LogP contribution is 2.20. The highest BCUT2D eigenvalue weighted by Gasteiger charge is 2.16. The highest BCUT2D eigenvalue weighted by atomic mass is 32.2. The molecule has 0 aromatic carbocycles. The van der Waals surface area contributed by atoms with E-state index in [0.29, 0.717) is 6.61 Å². The Balaban J connectivity index is 3.42. The Kier molecular flexibility index (Phi) is 5.13. The zero-order chi connectivity index (χ0) is 8.04. The van der Waals surface area contributed by atoms with Crippen LogP contribution in [0.2, 0.25) is 0 Å². The van der Waals surface area contributed by atoms with Gasteiger partial charge in [-0.2, -0.15) is 11.8 Å². The molecule has 0 fully saturated rings. The van der Waals surface area contributed by atoms with Gasteiger partial charge in [0.2, 0.25) is 0 Å². The van der Waals surface area contributed by atoms with Crippen molar-refractivity contribution in [2.24, 2.45) is 11.3 Å². The van der Waals surface area contributed by atoms with Gasteiger partial charge in [0.25, 0.3) is 0 Å². The molecular weight excluding hydrogens is 146 g/mol. The van der Waals surface area contributed by atoms with E-state index < -0.39 is 0 Å². The zero-order valence-electron chi connectivity index (χ0n) is 7.02. The van der Waals surface area contributed by atoms with Crippen molar-refractivity contribution in [2.75, 3.05) is 18.1 Å². The van der Waals surface area contributed by atoms with Crippen molar-refractivity contribution in [1.82, 2.24) is 0 Å². The van der Waals surface area contributed by atoms with Crippen LogP contribution in [-0.4, -0.2) is 18.1 Å². The minimum atomic E-state index is 0.218. The van der Waals surface area contributed by atoms with Gasteiger partial charge in [0.1, 0.15) is 0 Å². The van der Waals surface area contributed by atoms with E-state index in [1.165, 1.54) is 0 Å². The van der Waals surface area contributed by atoms with E-state index in [1.807, 2.05) is 11.8 Å². The third-order valence-electron chi connectivity index (χ3n) is 1.17. The van der Waals surface area contributed by atoms with Crippen LogP contribution in [0.4, 0.5) is 0 Å². The number of hydrogen-bond acceptors (Lipinski definition) is 3. The van der Waals surface area contributed by atoms with Crippen molar-refractivity contribution in [3.8, 4) is 0 Å². The highest BCUT2D eigenvalue weighted by molar-refractivity contribution is 7.99. The Bertz CT molecular complexity index is 85.7. The van der Waals surface area contributed by atoms with Gasteiger partial charge < -0.3 is 4.84 Å². The summed E-state index contributed by atoms with van der Waals surface area (Å²) in [4.78, 5) is 4.59. The summed E-state index contributed by atoms with van der Waals surface area (Å²) >= 11 is 1.92. The van der Waals surface area contributed by atoms with Crippen LogP contribution in [-0.2, 0) is 4.84 Å². The molecule has 0 aliphatic rings. The summed E-state index contributed by atoms with van der Waals surface area (Å²) in [5.74, 6) is 7.25. The van der Waals surface area contributed by atoms with Crippen LogP contribution in [0.15, 0.2) is 0 Å². The van der Waals surface area contributed by atoms with E-state index in [-0.39, 0.29) is 5.41 Å². The summed E-state index contributed by atoms with van der Waals surface area (Å²) in [7, 11) is 0. The van der Waals surface area contributed by atoms with Gasteiger partial charge in [-0.3, -0.25) is 0 Å². The van der Waals surface area contributed by atoms with Crippen molar-refractivity contribution in [1.29, 1.82) is 0 Å².